The predicted molar refractivity (Wildman–Crippen MR) is 84.6 cm³/mol. The molecule has 0 radical (unpaired) electrons. The Morgan fingerprint density at radius 3 is 2.60 bits per heavy atom. The molecule has 0 saturated carbocycles. The van der Waals surface area contributed by atoms with Crippen molar-refractivity contribution in [2.24, 2.45) is 5.73 Å². The minimum atomic E-state index is -0.515. The van der Waals surface area contributed by atoms with E-state index in [9.17, 15) is 4.79 Å². The number of carbonyl (C=O) groups is 1. The van der Waals surface area contributed by atoms with E-state index in [1.54, 1.807) is 0 Å². The van der Waals surface area contributed by atoms with Crippen LogP contribution >= 0.6 is 12.2 Å². The van der Waals surface area contributed by atoms with Crippen LogP contribution in [-0.2, 0) is 4.74 Å². The smallest absolute Gasteiger partial charge is 0.408 e. The molecule has 0 fully saturated rings. The zero-order chi connectivity index (χ0) is 15.3. The summed E-state index contributed by atoms with van der Waals surface area (Å²) in [6, 6.07) is 7.32. The molecule has 110 valence electrons. The highest BCUT2D eigenvalue weighted by Crippen LogP contribution is 2.18. The SMILES string of the molecule is CC(NC(=O)OC(C)(C)C)c1cccc(NC(N)=S)c1. The number of hydrogen-bond donors (Lipinski definition) is 3. The summed E-state index contributed by atoms with van der Waals surface area (Å²) >= 11 is 4.79. The van der Waals surface area contributed by atoms with E-state index in [0.29, 0.717) is 0 Å². The van der Waals surface area contributed by atoms with E-state index in [-0.39, 0.29) is 11.2 Å². The summed E-state index contributed by atoms with van der Waals surface area (Å²) in [5, 5.41) is 5.84. The Labute approximate surface area is 124 Å². The Kier molecular flexibility index (Phi) is 5.33. The predicted octanol–water partition coefficient (Wildman–Crippen LogP) is 2.93. The molecule has 1 atom stereocenters. The van der Waals surface area contributed by atoms with Crippen LogP contribution in [0.1, 0.15) is 39.3 Å². The average molecular weight is 295 g/mol. The van der Waals surface area contributed by atoms with Crippen molar-refractivity contribution in [3.63, 3.8) is 0 Å². The zero-order valence-electron chi connectivity index (χ0n) is 12.2. The van der Waals surface area contributed by atoms with Gasteiger partial charge in [-0.25, -0.2) is 4.79 Å². The van der Waals surface area contributed by atoms with Gasteiger partial charge in [-0.15, -0.1) is 0 Å². The molecule has 0 bridgehead atoms. The maximum absolute atomic E-state index is 11.7. The van der Waals surface area contributed by atoms with Crippen molar-refractivity contribution in [2.45, 2.75) is 39.3 Å². The molecule has 1 unspecified atom stereocenters. The summed E-state index contributed by atoms with van der Waals surface area (Å²) in [7, 11) is 0. The van der Waals surface area contributed by atoms with E-state index in [0.717, 1.165) is 11.3 Å². The molecular formula is C14H21N3O2S. The van der Waals surface area contributed by atoms with E-state index in [2.05, 4.69) is 10.6 Å². The van der Waals surface area contributed by atoms with Gasteiger partial charge >= 0.3 is 6.09 Å². The van der Waals surface area contributed by atoms with Crippen LogP contribution in [0.15, 0.2) is 24.3 Å². The van der Waals surface area contributed by atoms with Gasteiger partial charge in [0.1, 0.15) is 5.60 Å². The van der Waals surface area contributed by atoms with Crippen LogP contribution in [0.3, 0.4) is 0 Å². The molecule has 0 spiro atoms. The minimum Gasteiger partial charge on any atom is -0.444 e. The van der Waals surface area contributed by atoms with Gasteiger partial charge in [-0.05, 0) is 57.6 Å². The maximum atomic E-state index is 11.7. The van der Waals surface area contributed by atoms with Gasteiger partial charge in [0.25, 0.3) is 0 Å². The van der Waals surface area contributed by atoms with Crippen molar-refractivity contribution in [3.8, 4) is 0 Å². The number of nitrogens with one attached hydrogen (secondary N) is 2. The number of carbonyl (C=O) groups excluding carboxylic acids is 1. The van der Waals surface area contributed by atoms with Crippen molar-refractivity contribution in [3.05, 3.63) is 29.8 Å². The summed E-state index contributed by atoms with van der Waals surface area (Å²) in [6.45, 7) is 7.35. The number of nitrogens with two attached hydrogens (primary N) is 1. The Bertz CT molecular complexity index is 497. The number of thiocarbonyl (C=S) groups is 1. The summed E-state index contributed by atoms with van der Waals surface area (Å²) in [6.07, 6.45) is -0.447. The van der Waals surface area contributed by atoms with E-state index >= 15 is 0 Å². The summed E-state index contributed by atoms with van der Waals surface area (Å²) in [5.74, 6) is 0. The molecule has 6 heteroatoms. The first kappa shape index (κ1) is 16.2. The van der Waals surface area contributed by atoms with Gasteiger partial charge in [0.05, 0.1) is 6.04 Å². The molecular weight excluding hydrogens is 274 g/mol. The zero-order valence-corrected chi connectivity index (χ0v) is 13.0. The number of ether oxygens (including phenoxy) is 1. The van der Waals surface area contributed by atoms with Crippen molar-refractivity contribution in [1.82, 2.24) is 5.32 Å². The standard InChI is InChI=1S/C14H21N3O2S/c1-9(16-13(18)19-14(2,3)4)10-6-5-7-11(8-10)17-12(15)20/h5-9H,1-4H3,(H,16,18)(H3,15,17,20). The van der Waals surface area contributed by atoms with Crippen molar-refractivity contribution < 1.29 is 9.53 Å². The van der Waals surface area contributed by atoms with Crippen LogP contribution < -0.4 is 16.4 Å². The lowest BCUT2D eigenvalue weighted by Crippen LogP contribution is -2.34. The first-order valence-corrected chi connectivity index (χ1v) is 6.74. The third-order valence-corrected chi connectivity index (χ3v) is 2.49. The summed E-state index contributed by atoms with van der Waals surface area (Å²) in [4.78, 5) is 11.7. The summed E-state index contributed by atoms with van der Waals surface area (Å²) < 4.78 is 5.22. The van der Waals surface area contributed by atoms with Gasteiger partial charge in [0.2, 0.25) is 0 Å². The molecule has 0 aliphatic carbocycles. The molecule has 1 rings (SSSR count). The molecule has 1 aromatic rings. The van der Waals surface area contributed by atoms with Gasteiger partial charge in [-0.3, -0.25) is 0 Å². The monoisotopic (exact) mass is 295 g/mol. The number of amides is 1. The second-order valence-corrected chi connectivity index (χ2v) is 5.92. The third-order valence-electron chi connectivity index (χ3n) is 2.39. The van der Waals surface area contributed by atoms with E-state index < -0.39 is 11.7 Å². The molecule has 20 heavy (non-hydrogen) atoms. The molecule has 0 aromatic heterocycles. The second kappa shape index (κ2) is 6.56. The quantitative estimate of drug-likeness (QED) is 0.747. The van der Waals surface area contributed by atoms with Crippen LogP contribution in [0.25, 0.3) is 0 Å². The molecule has 0 heterocycles. The third kappa shape index (κ3) is 5.88. The van der Waals surface area contributed by atoms with Gasteiger partial charge in [0.15, 0.2) is 5.11 Å². The molecule has 0 aliphatic heterocycles. The topological polar surface area (TPSA) is 76.4 Å². The molecule has 4 N–H and O–H groups in total. The molecule has 1 aromatic carbocycles. The molecule has 1 amide bonds. The average Bonchev–Trinajstić information content (AvgIpc) is 2.25. The van der Waals surface area contributed by atoms with Gasteiger partial charge in [-0.1, -0.05) is 12.1 Å². The fourth-order valence-electron chi connectivity index (χ4n) is 1.60. The second-order valence-electron chi connectivity index (χ2n) is 5.48. The Morgan fingerprint density at radius 2 is 2.05 bits per heavy atom. The lowest BCUT2D eigenvalue weighted by atomic mass is 10.1. The highest BCUT2D eigenvalue weighted by molar-refractivity contribution is 7.80. The normalized spacial score (nSPS) is 12.4. The van der Waals surface area contributed by atoms with Crippen LogP contribution in [0, 0.1) is 0 Å². The number of hydrogen-bond acceptors (Lipinski definition) is 3. The summed E-state index contributed by atoms with van der Waals surface area (Å²) in [5.41, 5.74) is 6.63. The Morgan fingerprint density at radius 1 is 1.40 bits per heavy atom. The number of benzene rings is 1. The first-order chi connectivity index (χ1) is 9.17. The van der Waals surface area contributed by atoms with Crippen molar-refractivity contribution >= 4 is 29.1 Å². The highest BCUT2D eigenvalue weighted by atomic mass is 32.1. The van der Waals surface area contributed by atoms with Crippen molar-refractivity contribution in [1.29, 1.82) is 0 Å². The van der Waals surface area contributed by atoms with Crippen LogP contribution in [-0.4, -0.2) is 16.8 Å². The van der Waals surface area contributed by atoms with Gasteiger partial charge in [0, 0.05) is 5.69 Å². The number of alkyl carbamates (subject to hydrolysis) is 1. The number of rotatable bonds is 3. The largest absolute Gasteiger partial charge is 0.444 e. The molecule has 5 nitrogen and oxygen atoms in total. The van der Waals surface area contributed by atoms with Gasteiger partial charge < -0.3 is 21.1 Å². The fourth-order valence-corrected chi connectivity index (χ4v) is 1.71. The van der Waals surface area contributed by atoms with Gasteiger partial charge in [-0.2, -0.15) is 0 Å². The first-order valence-electron chi connectivity index (χ1n) is 6.33. The minimum absolute atomic E-state index is 0.182. The van der Waals surface area contributed by atoms with E-state index in [1.807, 2.05) is 52.0 Å². The Balaban J connectivity index is 2.70. The van der Waals surface area contributed by atoms with Crippen molar-refractivity contribution in [2.75, 3.05) is 5.32 Å². The maximum Gasteiger partial charge on any atom is 0.408 e. The van der Waals surface area contributed by atoms with E-state index in [4.69, 9.17) is 22.7 Å². The lowest BCUT2D eigenvalue weighted by Gasteiger charge is -2.22. The number of anilines is 1. The molecule has 0 saturated heterocycles. The van der Waals surface area contributed by atoms with E-state index in [1.165, 1.54) is 0 Å². The van der Waals surface area contributed by atoms with Crippen LogP contribution in [0.2, 0.25) is 0 Å². The highest BCUT2D eigenvalue weighted by Gasteiger charge is 2.18. The Hall–Kier alpha value is -1.82. The fraction of sp³-hybridized carbons (Fsp3) is 0.429. The molecule has 0 aliphatic rings. The van der Waals surface area contributed by atoms with Crippen LogP contribution in [0.4, 0.5) is 10.5 Å². The lowest BCUT2D eigenvalue weighted by molar-refractivity contribution is 0.0508. The van der Waals surface area contributed by atoms with Crippen LogP contribution in [0.5, 0.6) is 0 Å².